The Morgan fingerprint density at radius 3 is 2.85 bits per heavy atom. The molecule has 1 aromatic rings. The average molecular weight is 375 g/mol. The van der Waals surface area contributed by atoms with Gasteiger partial charge in [-0.25, -0.2) is 0 Å². The van der Waals surface area contributed by atoms with Crippen LogP contribution in [0.15, 0.2) is 23.2 Å². The number of hydrogen-bond acceptors (Lipinski definition) is 5. The minimum absolute atomic E-state index is 0.115. The van der Waals surface area contributed by atoms with Crippen molar-refractivity contribution in [1.29, 1.82) is 0 Å². The van der Waals surface area contributed by atoms with Crippen LogP contribution in [0.2, 0.25) is 0 Å². The lowest BCUT2D eigenvalue weighted by atomic mass is 10.1. The number of guanidine groups is 1. The Morgan fingerprint density at radius 1 is 1.11 bits per heavy atom. The number of hydrogen-bond donors (Lipinski definition) is 1. The van der Waals surface area contributed by atoms with E-state index in [1.165, 1.54) is 0 Å². The summed E-state index contributed by atoms with van der Waals surface area (Å²) in [5, 5.41) is 3.48. The molecule has 0 bridgehead atoms. The van der Waals surface area contributed by atoms with Crippen molar-refractivity contribution in [3.05, 3.63) is 23.8 Å². The predicted octanol–water partition coefficient (Wildman–Crippen LogP) is 1.80. The zero-order chi connectivity index (χ0) is 18.5. The Bertz CT molecular complexity index is 661. The van der Waals surface area contributed by atoms with Crippen LogP contribution in [0, 0.1) is 0 Å². The Morgan fingerprint density at radius 2 is 2.00 bits per heavy atom. The van der Waals surface area contributed by atoms with Gasteiger partial charge in [0.15, 0.2) is 17.5 Å². The molecule has 0 radical (unpaired) electrons. The molecule has 1 aromatic carbocycles. The first kappa shape index (κ1) is 18.4. The molecule has 0 aromatic heterocycles. The Balaban J connectivity index is 1.39. The monoisotopic (exact) mass is 375 g/mol. The molecule has 148 valence electrons. The van der Waals surface area contributed by atoms with Crippen molar-refractivity contribution in [2.75, 3.05) is 46.6 Å². The fraction of sp³-hybridized carbons (Fsp3) is 0.650. The summed E-state index contributed by atoms with van der Waals surface area (Å²) in [4.78, 5) is 6.74. The van der Waals surface area contributed by atoms with Gasteiger partial charge in [0.1, 0.15) is 6.10 Å². The molecular weight excluding hydrogens is 346 g/mol. The van der Waals surface area contributed by atoms with E-state index in [-0.39, 0.29) is 12.2 Å². The molecule has 2 unspecified atom stereocenters. The fourth-order valence-corrected chi connectivity index (χ4v) is 3.89. The fourth-order valence-electron chi connectivity index (χ4n) is 3.89. The largest absolute Gasteiger partial charge is 0.490 e. The van der Waals surface area contributed by atoms with Gasteiger partial charge in [0, 0.05) is 45.3 Å². The first-order valence-electron chi connectivity index (χ1n) is 9.91. The SMILES string of the molecule is CN=C(NCc1cccc2c1OCCCO2)N1CCOC(C2CCCO2)C1. The Hall–Kier alpha value is -1.99. The third-order valence-electron chi connectivity index (χ3n) is 5.27. The van der Waals surface area contributed by atoms with Crippen molar-refractivity contribution in [2.45, 2.75) is 38.0 Å². The molecule has 1 N–H and O–H groups in total. The van der Waals surface area contributed by atoms with Crippen LogP contribution < -0.4 is 14.8 Å². The number of rotatable bonds is 3. The number of ether oxygens (including phenoxy) is 4. The van der Waals surface area contributed by atoms with E-state index in [0.717, 1.165) is 62.0 Å². The van der Waals surface area contributed by atoms with Crippen molar-refractivity contribution in [3.63, 3.8) is 0 Å². The summed E-state index contributed by atoms with van der Waals surface area (Å²) < 4.78 is 23.5. The van der Waals surface area contributed by atoms with Gasteiger partial charge in [-0.15, -0.1) is 0 Å². The zero-order valence-electron chi connectivity index (χ0n) is 16.0. The molecule has 2 fully saturated rings. The van der Waals surface area contributed by atoms with E-state index in [4.69, 9.17) is 18.9 Å². The van der Waals surface area contributed by atoms with Crippen LogP contribution in [0.5, 0.6) is 11.5 Å². The van der Waals surface area contributed by atoms with Crippen molar-refractivity contribution in [2.24, 2.45) is 4.99 Å². The van der Waals surface area contributed by atoms with E-state index >= 15 is 0 Å². The first-order valence-corrected chi connectivity index (χ1v) is 9.91. The Labute approximate surface area is 160 Å². The summed E-state index contributed by atoms with van der Waals surface area (Å²) in [7, 11) is 1.82. The number of para-hydroxylation sites is 1. The van der Waals surface area contributed by atoms with Crippen LogP contribution in [0.25, 0.3) is 0 Å². The van der Waals surface area contributed by atoms with Crippen LogP contribution >= 0.6 is 0 Å². The van der Waals surface area contributed by atoms with Crippen LogP contribution in [0.1, 0.15) is 24.8 Å². The maximum Gasteiger partial charge on any atom is 0.194 e. The molecule has 2 saturated heterocycles. The van der Waals surface area contributed by atoms with Gasteiger partial charge in [0.05, 0.1) is 25.9 Å². The van der Waals surface area contributed by atoms with Gasteiger partial charge >= 0.3 is 0 Å². The number of nitrogens with zero attached hydrogens (tertiary/aromatic N) is 2. The molecular formula is C20H29N3O4. The van der Waals surface area contributed by atoms with Gasteiger partial charge < -0.3 is 29.2 Å². The lowest BCUT2D eigenvalue weighted by molar-refractivity contribution is -0.0817. The normalized spacial score (nSPS) is 26.0. The second-order valence-electron chi connectivity index (χ2n) is 7.10. The van der Waals surface area contributed by atoms with Gasteiger partial charge in [-0.2, -0.15) is 0 Å². The highest BCUT2D eigenvalue weighted by molar-refractivity contribution is 5.80. The molecule has 0 spiro atoms. The standard InChI is InChI=1S/C20H29N3O4/c1-21-20(23-8-12-26-18(14-23)16-7-3-9-24-16)22-13-15-5-2-6-17-19(15)27-11-4-10-25-17/h2,5-6,16,18H,3-4,7-14H2,1H3,(H,21,22). The number of aliphatic imine (C=N–C) groups is 1. The molecule has 7 heteroatoms. The van der Waals surface area contributed by atoms with E-state index in [1.807, 2.05) is 19.2 Å². The number of benzene rings is 1. The highest BCUT2D eigenvalue weighted by Crippen LogP contribution is 2.33. The van der Waals surface area contributed by atoms with Crippen molar-refractivity contribution < 1.29 is 18.9 Å². The van der Waals surface area contributed by atoms with E-state index in [2.05, 4.69) is 21.3 Å². The molecule has 0 amide bonds. The molecule has 4 rings (SSSR count). The number of fused-ring (bicyclic) bond motifs is 1. The molecule has 3 heterocycles. The van der Waals surface area contributed by atoms with Gasteiger partial charge in [-0.05, 0) is 18.9 Å². The second-order valence-corrected chi connectivity index (χ2v) is 7.10. The summed E-state index contributed by atoms with van der Waals surface area (Å²) in [6.45, 7) is 5.20. The minimum Gasteiger partial charge on any atom is -0.490 e. The minimum atomic E-state index is 0.115. The lowest BCUT2D eigenvalue weighted by Crippen LogP contribution is -2.53. The third-order valence-corrected chi connectivity index (χ3v) is 5.27. The quantitative estimate of drug-likeness (QED) is 0.642. The van der Waals surface area contributed by atoms with Gasteiger partial charge in [0.25, 0.3) is 0 Å². The predicted molar refractivity (Wildman–Crippen MR) is 103 cm³/mol. The molecule has 0 aliphatic carbocycles. The third kappa shape index (κ3) is 4.30. The molecule has 0 saturated carbocycles. The van der Waals surface area contributed by atoms with Crippen LogP contribution in [0.3, 0.4) is 0 Å². The zero-order valence-corrected chi connectivity index (χ0v) is 16.0. The molecule has 3 aliphatic heterocycles. The molecule has 3 aliphatic rings. The average Bonchev–Trinajstić information content (AvgIpc) is 3.14. The summed E-state index contributed by atoms with van der Waals surface area (Å²) in [5.41, 5.74) is 1.08. The highest BCUT2D eigenvalue weighted by atomic mass is 16.5. The van der Waals surface area contributed by atoms with E-state index in [0.29, 0.717) is 26.4 Å². The summed E-state index contributed by atoms with van der Waals surface area (Å²) in [6, 6.07) is 6.05. The van der Waals surface area contributed by atoms with Gasteiger partial charge in [-0.1, -0.05) is 12.1 Å². The van der Waals surface area contributed by atoms with Gasteiger partial charge in [0.2, 0.25) is 0 Å². The van der Waals surface area contributed by atoms with E-state index < -0.39 is 0 Å². The highest BCUT2D eigenvalue weighted by Gasteiger charge is 2.32. The summed E-state index contributed by atoms with van der Waals surface area (Å²) >= 11 is 0. The second kappa shape index (κ2) is 8.80. The van der Waals surface area contributed by atoms with Gasteiger partial charge in [-0.3, -0.25) is 4.99 Å². The van der Waals surface area contributed by atoms with Crippen LogP contribution in [-0.4, -0.2) is 69.6 Å². The summed E-state index contributed by atoms with van der Waals surface area (Å²) in [6.07, 6.45) is 3.43. The smallest absolute Gasteiger partial charge is 0.194 e. The molecule has 27 heavy (non-hydrogen) atoms. The number of nitrogens with one attached hydrogen (secondary N) is 1. The van der Waals surface area contributed by atoms with Crippen molar-refractivity contribution in [1.82, 2.24) is 10.2 Å². The van der Waals surface area contributed by atoms with Crippen molar-refractivity contribution in [3.8, 4) is 11.5 Å². The topological polar surface area (TPSA) is 64.6 Å². The van der Waals surface area contributed by atoms with Crippen molar-refractivity contribution >= 4 is 5.96 Å². The summed E-state index contributed by atoms with van der Waals surface area (Å²) in [5.74, 6) is 2.55. The maximum absolute atomic E-state index is 5.95. The van der Waals surface area contributed by atoms with Crippen LogP contribution in [-0.2, 0) is 16.0 Å². The molecule has 2 atom stereocenters. The lowest BCUT2D eigenvalue weighted by Gasteiger charge is -2.37. The number of morpholine rings is 1. The van der Waals surface area contributed by atoms with E-state index in [1.54, 1.807) is 0 Å². The van der Waals surface area contributed by atoms with E-state index in [9.17, 15) is 0 Å². The first-order chi connectivity index (χ1) is 13.3. The molecule has 7 nitrogen and oxygen atoms in total. The van der Waals surface area contributed by atoms with Crippen LogP contribution in [0.4, 0.5) is 0 Å². The Kier molecular flexibility index (Phi) is 5.99. The maximum atomic E-state index is 5.95.